The Labute approximate surface area is 164 Å². The molecule has 1 atom stereocenters. The van der Waals surface area contributed by atoms with Gasteiger partial charge in [-0.3, -0.25) is 4.79 Å². The van der Waals surface area contributed by atoms with Gasteiger partial charge in [-0.2, -0.15) is 0 Å². The van der Waals surface area contributed by atoms with Crippen LogP contribution in [0.3, 0.4) is 0 Å². The molecule has 146 valence electrons. The van der Waals surface area contributed by atoms with E-state index in [1.54, 1.807) is 0 Å². The molecule has 0 aliphatic rings. The fraction of sp³-hybridized carbons (Fsp3) is 0.190. The van der Waals surface area contributed by atoms with Crippen LogP contribution in [0.2, 0.25) is 0 Å². The molecule has 0 fully saturated rings. The fourth-order valence-corrected chi connectivity index (χ4v) is 3.83. The van der Waals surface area contributed by atoms with Gasteiger partial charge in [0.25, 0.3) is 5.91 Å². The summed E-state index contributed by atoms with van der Waals surface area (Å²) in [7, 11) is -0.642. The van der Waals surface area contributed by atoms with E-state index in [9.17, 15) is 18.3 Å². The average Bonchev–Trinajstić information content (AvgIpc) is 2.71. The summed E-state index contributed by atoms with van der Waals surface area (Å²) in [6.07, 6.45) is -0.858. The van der Waals surface area contributed by atoms with Crippen molar-refractivity contribution < 1.29 is 18.3 Å². The van der Waals surface area contributed by atoms with Gasteiger partial charge in [-0.05, 0) is 40.6 Å². The van der Waals surface area contributed by atoms with Crippen LogP contribution in [0.15, 0.2) is 71.6 Å². The first-order chi connectivity index (χ1) is 13.3. The Kier molecular flexibility index (Phi) is 5.79. The number of aliphatic hydroxyl groups is 1. The zero-order chi connectivity index (χ0) is 20.3. The van der Waals surface area contributed by atoms with Crippen molar-refractivity contribution in [2.75, 3.05) is 20.6 Å². The average molecular weight is 398 g/mol. The van der Waals surface area contributed by atoms with E-state index in [2.05, 4.69) is 5.32 Å². The third-order valence-corrected chi connectivity index (χ3v) is 6.36. The monoisotopic (exact) mass is 398 g/mol. The van der Waals surface area contributed by atoms with E-state index in [4.69, 9.17) is 0 Å². The Hall–Kier alpha value is -2.74. The largest absolute Gasteiger partial charge is 0.387 e. The molecule has 2 N–H and O–H groups in total. The lowest BCUT2D eigenvalue weighted by molar-refractivity contribution is 0.0917. The van der Waals surface area contributed by atoms with Crippen molar-refractivity contribution in [2.24, 2.45) is 0 Å². The van der Waals surface area contributed by atoms with E-state index < -0.39 is 16.1 Å². The van der Waals surface area contributed by atoms with Crippen molar-refractivity contribution in [3.63, 3.8) is 0 Å². The van der Waals surface area contributed by atoms with Gasteiger partial charge in [-0.15, -0.1) is 0 Å². The van der Waals surface area contributed by atoms with E-state index in [1.165, 1.54) is 38.4 Å². The van der Waals surface area contributed by atoms with Crippen molar-refractivity contribution in [2.45, 2.75) is 11.0 Å². The van der Waals surface area contributed by atoms with Crippen LogP contribution in [0.5, 0.6) is 0 Å². The number of rotatable bonds is 6. The highest BCUT2D eigenvalue weighted by atomic mass is 32.2. The van der Waals surface area contributed by atoms with E-state index in [-0.39, 0.29) is 17.3 Å². The predicted octanol–water partition coefficient (Wildman–Crippen LogP) is 2.55. The Bertz CT molecular complexity index is 1090. The summed E-state index contributed by atoms with van der Waals surface area (Å²) in [5, 5.41) is 15.2. The maximum Gasteiger partial charge on any atom is 0.251 e. The van der Waals surface area contributed by atoms with Crippen molar-refractivity contribution >= 4 is 26.7 Å². The molecule has 0 aliphatic carbocycles. The highest BCUT2D eigenvalue weighted by Crippen LogP contribution is 2.24. The van der Waals surface area contributed by atoms with Gasteiger partial charge in [0.05, 0.1) is 11.0 Å². The van der Waals surface area contributed by atoms with Crippen molar-refractivity contribution in [1.29, 1.82) is 0 Å². The smallest absolute Gasteiger partial charge is 0.251 e. The first-order valence-electron chi connectivity index (χ1n) is 8.77. The molecule has 1 amide bonds. The first kappa shape index (κ1) is 20.0. The number of sulfonamides is 1. The Morgan fingerprint density at radius 1 is 1.00 bits per heavy atom. The van der Waals surface area contributed by atoms with Gasteiger partial charge in [0.15, 0.2) is 0 Å². The second-order valence-electron chi connectivity index (χ2n) is 6.61. The Morgan fingerprint density at radius 3 is 2.32 bits per heavy atom. The lowest BCUT2D eigenvalue weighted by Crippen LogP contribution is -2.28. The third kappa shape index (κ3) is 4.06. The summed E-state index contributed by atoms with van der Waals surface area (Å²) in [5.41, 5.74) is 1.06. The SMILES string of the molecule is CN(C)S(=O)(=O)c1ccc(C(=O)NCC(O)c2cccc3ccccc23)cc1. The molecule has 0 heterocycles. The molecular formula is C21H22N2O4S. The highest BCUT2D eigenvalue weighted by molar-refractivity contribution is 7.89. The maximum atomic E-state index is 12.4. The molecule has 7 heteroatoms. The highest BCUT2D eigenvalue weighted by Gasteiger charge is 2.18. The molecule has 3 rings (SSSR count). The number of fused-ring (bicyclic) bond motifs is 1. The van der Waals surface area contributed by atoms with Crippen LogP contribution in [0.25, 0.3) is 10.8 Å². The zero-order valence-corrected chi connectivity index (χ0v) is 16.5. The van der Waals surface area contributed by atoms with Crippen LogP contribution in [0.1, 0.15) is 22.0 Å². The second-order valence-corrected chi connectivity index (χ2v) is 8.76. The van der Waals surface area contributed by atoms with Crippen LogP contribution < -0.4 is 5.32 Å². The number of carbonyl (C=O) groups is 1. The number of aliphatic hydroxyl groups excluding tert-OH is 1. The lowest BCUT2D eigenvalue weighted by Gasteiger charge is -2.15. The zero-order valence-electron chi connectivity index (χ0n) is 15.7. The molecular weight excluding hydrogens is 376 g/mol. The first-order valence-corrected chi connectivity index (χ1v) is 10.2. The van der Waals surface area contributed by atoms with Gasteiger partial charge in [-0.1, -0.05) is 42.5 Å². The van der Waals surface area contributed by atoms with Gasteiger partial charge in [0.2, 0.25) is 10.0 Å². The number of hydrogen-bond acceptors (Lipinski definition) is 4. The van der Waals surface area contributed by atoms with Gasteiger partial charge >= 0.3 is 0 Å². The third-order valence-electron chi connectivity index (χ3n) is 4.53. The van der Waals surface area contributed by atoms with Crippen LogP contribution in [0.4, 0.5) is 0 Å². The standard InChI is InChI=1S/C21H22N2O4S/c1-23(2)28(26,27)17-12-10-16(11-13-17)21(25)22-14-20(24)19-9-5-7-15-6-3-4-8-18(15)19/h3-13,20,24H,14H2,1-2H3,(H,22,25). The van der Waals surface area contributed by atoms with Gasteiger partial charge in [0.1, 0.15) is 0 Å². The lowest BCUT2D eigenvalue weighted by atomic mass is 10.0. The van der Waals surface area contributed by atoms with Gasteiger partial charge in [0, 0.05) is 26.2 Å². The molecule has 0 aliphatic heterocycles. The summed E-state index contributed by atoms with van der Waals surface area (Å²) in [4.78, 5) is 12.5. The number of hydrogen-bond donors (Lipinski definition) is 2. The minimum Gasteiger partial charge on any atom is -0.387 e. The second kappa shape index (κ2) is 8.10. The minimum atomic E-state index is -3.54. The Balaban J connectivity index is 1.70. The van der Waals surface area contributed by atoms with Crippen molar-refractivity contribution in [3.8, 4) is 0 Å². The van der Waals surface area contributed by atoms with Crippen LogP contribution in [-0.2, 0) is 10.0 Å². The molecule has 0 spiro atoms. The predicted molar refractivity (Wildman–Crippen MR) is 109 cm³/mol. The van der Waals surface area contributed by atoms with Crippen molar-refractivity contribution in [1.82, 2.24) is 9.62 Å². The summed E-state index contributed by atoms with van der Waals surface area (Å²) >= 11 is 0. The quantitative estimate of drug-likeness (QED) is 0.668. The molecule has 0 aromatic heterocycles. The molecule has 6 nitrogen and oxygen atoms in total. The summed E-state index contributed by atoms with van der Waals surface area (Å²) < 4.78 is 25.3. The molecule has 1 unspecified atom stereocenters. The number of nitrogens with one attached hydrogen (secondary N) is 1. The van der Waals surface area contributed by atoms with Crippen molar-refractivity contribution in [3.05, 3.63) is 77.9 Å². The maximum absolute atomic E-state index is 12.4. The molecule has 0 saturated carbocycles. The molecule has 3 aromatic carbocycles. The molecule has 0 radical (unpaired) electrons. The summed E-state index contributed by atoms with van der Waals surface area (Å²) in [6, 6.07) is 19.1. The van der Waals surface area contributed by atoms with Gasteiger partial charge in [-0.25, -0.2) is 12.7 Å². The number of nitrogens with zero attached hydrogens (tertiary/aromatic N) is 1. The minimum absolute atomic E-state index is 0.0462. The van der Waals surface area contributed by atoms with Crippen LogP contribution in [0, 0.1) is 0 Å². The normalized spacial score (nSPS) is 12.9. The van der Waals surface area contributed by atoms with Crippen LogP contribution in [-0.4, -0.2) is 44.4 Å². The molecule has 3 aromatic rings. The number of carbonyl (C=O) groups excluding carboxylic acids is 1. The van der Waals surface area contributed by atoms with E-state index >= 15 is 0 Å². The summed E-state index contributed by atoms with van der Waals surface area (Å²) in [5.74, 6) is -0.381. The van der Waals surface area contributed by atoms with E-state index in [0.29, 0.717) is 5.56 Å². The van der Waals surface area contributed by atoms with Gasteiger partial charge < -0.3 is 10.4 Å². The fourth-order valence-electron chi connectivity index (χ4n) is 2.93. The summed E-state index contributed by atoms with van der Waals surface area (Å²) in [6.45, 7) is 0.0462. The Morgan fingerprint density at radius 2 is 1.64 bits per heavy atom. The molecule has 0 bridgehead atoms. The van der Waals surface area contributed by atoms with Crippen LogP contribution >= 0.6 is 0 Å². The topological polar surface area (TPSA) is 86.7 Å². The molecule has 0 saturated heterocycles. The number of benzene rings is 3. The molecule has 28 heavy (non-hydrogen) atoms. The van der Waals surface area contributed by atoms with E-state index in [1.807, 2.05) is 42.5 Å². The number of amides is 1. The van der Waals surface area contributed by atoms with E-state index in [0.717, 1.165) is 20.6 Å².